The molecule has 6 heteroatoms. The van der Waals surface area contributed by atoms with Gasteiger partial charge in [0.15, 0.2) is 5.76 Å². The predicted molar refractivity (Wildman–Crippen MR) is 80.5 cm³/mol. The summed E-state index contributed by atoms with van der Waals surface area (Å²) in [5.74, 6) is -1.71. The molecule has 0 spiro atoms. The van der Waals surface area contributed by atoms with E-state index in [1.165, 1.54) is 11.3 Å². The lowest BCUT2D eigenvalue weighted by molar-refractivity contribution is -0.121. The van der Waals surface area contributed by atoms with Gasteiger partial charge in [-0.05, 0) is 29.6 Å². The molecule has 0 saturated carbocycles. The zero-order chi connectivity index (χ0) is 14.3. The summed E-state index contributed by atoms with van der Waals surface area (Å²) in [6.07, 6.45) is 0. The zero-order valence-electron chi connectivity index (χ0n) is 10.0. The van der Waals surface area contributed by atoms with Crippen LogP contribution in [-0.4, -0.2) is 16.9 Å². The van der Waals surface area contributed by atoms with Crippen LogP contribution in [0.4, 0.5) is 5.69 Å². The molecule has 2 heterocycles. The van der Waals surface area contributed by atoms with Crippen molar-refractivity contribution < 1.29 is 14.7 Å². The van der Waals surface area contributed by atoms with E-state index in [1.54, 1.807) is 41.8 Å². The number of halogens is 1. The average molecular weight is 350 g/mol. The van der Waals surface area contributed by atoms with Gasteiger partial charge in [-0.1, -0.05) is 28.1 Å². The van der Waals surface area contributed by atoms with E-state index in [1.807, 2.05) is 0 Å². The summed E-state index contributed by atoms with van der Waals surface area (Å²) in [7, 11) is 0. The Kier molecular flexibility index (Phi) is 3.19. The molecule has 3 rings (SSSR count). The number of anilines is 1. The van der Waals surface area contributed by atoms with E-state index in [2.05, 4.69) is 15.9 Å². The van der Waals surface area contributed by atoms with E-state index in [9.17, 15) is 14.7 Å². The van der Waals surface area contributed by atoms with Crippen LogP contribution in [0.15, 0.2) is 52.0 Å². The van der Waals surface area contributed by atoms with Crippen molar-refractivity contribution in [3.05, 3.63) is 56.9 Å². The molecule has 0 bridgehead atoms. The predicted octanol–water partition coefficient (Wildman–Crippen LogP) is 3.35. The van der Waals surface area contributed by atoms with Gasteiger partial charge in [-0.3, -0.25) is 9.59 Å². The fraction of sp³-hybridized carbons (Fsp3) is 0. The van der Waals surface area contributed by atoms with Gasteiger partial charge in [0.1, 0.15) is 5.57 Å². The highest BCUT2D eigenvalue weighted by Gasteiger charge is 2.40. The molecule has 1 aliphatic heterocycles. The number of carbonyl (C=O) groups excluding carboxylic acids is 2. The lowest BCUT2D eigenvalue weighted by Crippen LogP contribution is -2.31. The SMILES string of the molecule is O=C1C(O)=C(c2cccs2)C(=O)N1c1cccc(Br)c1. The number of rotatable bonds is 2. The number of benzene rings is 1. The maximum absolute atomic E-state index is 12.4. The fourth-order valence-corrected chi connectivity index (χ4v) is 3.16. The number of thiophene rings is 1. The Balaban J connectivity index is 2.07. The van der Waals surface area contributed by atoms with Gasteiger partial charge in [-0.15, -0.1) is 11.3 Å². The second-order valence-corrected chi connectivity index (χ2v) is 5.99. The maximum atomic E-state index is 12.4. The number of hydrogen-bond donors (Lipinski definition) is 1. The van der Waals surface area contributed by atoms with Crippen LogP contribution in [0.1, 0.15) is 4.88 Å². The molecule has 0 aliphatic carbocycles. The topological polar surface area (TPSA) is 57.6 Å². The molecule has 2 amide bonds. The van der Waals surface area contributed by atoms with E-state index in [-0.39, 0.29) is 5.57 Å². The summed E-state index contributed by atoms with van der Waals surface area (Å²) in [6, 6.07) is 10.3. The Morgan fingerprint density at radius 2 is 1.90 bits per heavy atom. The minimum atomic E-state index is -0.698. The number of aliphatic hydroxyl groups excluding tert-OH is 1. The summed E-state index contributed by atoms with van der Waals surface area (Å²) in [6.45, 7) is 0. The largest absolute Gasteiger partial charge is 0.502 e. The fourth-order valence-electron chi connectivity index (χ4n) is 2.01. The van der Waals surface area contributed by atoms with E-state index in [0.717, 1.165) is 9.37 Å². The normalized spacial score (nSPS) is 15.3. The number of hydrogen-bond acceptors (Lipinski definition) is 4. The van der Waals surface area contributed by atoms with Crippen molar-refractivity contribution in [2.75, 3.05) is 4.90 Å². The second-order valence-electron chi connectivity index (χ2n) is 4.13. The van der Waals surface area contributed by atoms with Gasteiger partial charge in [0.05, 0.1) is 5.69 Å². The van der Waals surface area contributed by atoms with Gasteiger partial charge in [-0.2, -0.15) is 0 Å². The molecule has 0 saturated heterocycles. The van der Waals surface area contributed by atoms with Gasteiger partial charge in [0.2, 0.25) is 0 Å². The molecule has 0 unspecified atom stereocenters. The number of carbonyl (C=O) groups is 2. The Labute approximate surface area is 127 Å². The third-order valence-electron chi connectivity index (χ3n) is 2.89. The van der Waals surface area contributed by atoms with Gasteiger partial charge in [0, 0.05) is 9.35 Å². The minimum Gasteiger partial charge on any atom is -0.502 e. The summed E-state index contributed by atoms with van der Waals surface area (Å²) in [5, 5.41) is 11.8. The first-order chi connectivity index (χ1) is 9.59. The first kappa shape index (κ1) is 13.1. The first-order valence-corrected chi connectivity index (χ1v) is 7.38. The highest BCUT2D eigenvalue weighted by molar-refractivity contribution is 9.10. The van der Waals surface area contributed by atoms with Crippen LogP contribution >= 0.6 is 27.3 Å². The first-order valence-electron chi connectivity index (χ1n) is 5.71. The van der Waals surface area contributed by atoms with Crippen molar-refractivity contribution in [2.45, 2.75) is 0 Å². The van der Waals surface area contributed by atoms with Crippen LogP contribution in [0.5, 0.6) is 0 Å². The van der Waals surface area contributed by atoms with Gasteiger partial charge in [-0.25, -0.2) is 4.90 Å². The smallest absolute Gasteiger partial charge is 0.301 e. The van der Waals surface area contributed by atoms with Crippen LogP contribution in [0.3, 0.4) is 0 Å². The highest BCUT2D eigenvalue weighted by atomic mass is 79.9. The van der Waals surface area contributed by atoms with E-state index in [0.29, 0.717) is 10.6 Å². The summed E-state index contributed by atoms with van der Waals surface area (Å²) < 4.78 is 0.750. The number of aliphatic hydroxyl groups is 1. The molecule has 4 nitrogen and oxygen atoms in total. The molecule has 100 valence electrons. The summed E-state index contributed by atoms with van der Waals surface area (Å²) in [4.78, 5) is 26.1. The van der Waals surface area contributed by atoms with Crippen molar-refractivity contribution in [1.29, 1.82) is 0 Å². The second kappa shape index (κ2) is 4.88. The molecular formula is C14H8BrNO3S. The van der Waals surface area contributed by atoms with Crippen molar-refractivity contribution >= 4 is 50.3 Å². The van der Waals surface area contributed by atoms with Gasteiger partial charge in [0.25, 0.3) is 5.91 Å². The minimum absolute atomic E-state index is 0.0602. The average Bonchev–Trinajstić information content (AvgIpc) is 2.99. The zero-order valence-corrected chi connectivity index (χ0v) is 12.4. The third kappa shape index (κ3) is 1.97. The lowest BCUT2D eigenvalue weighted by Gasteiger charge is -2.14. The van der Waals surface area contributed by atoms with E-state index < -0.39 is 17.6 Å². The molecule has 1 aromatic heterocycles. The van der Waals surface area contributed by atoms with Crippen LogP contribution in [-0.2, 0) is 9.59 Å². The molecule has 1 aliphatic rings. The monoisotopic (exact) mass is 349 g/mol. The van der Waals surface area contributed by atoms with Gasteiger partial charge < -0.3 is 5.11 Å². The van der Waals surface area contributed by atoms with Crippen molar-refractivity contribution in [3.63, 3.8) is 0 Å². The number of amides is 2. The maximum Gasteiger partial charge on any atom is 0.301 e. The Morgan fingerprint density at radius 1 is 1.10 bits per heavy atom. The van der Waals surface area contributed by atoms with Gasteiger partial charge >= 0.3 is 5.91 Å². The molecule has 2 aromatic rings. The van der Waals surface area contributed by atoms with Crippen molar-refractivity contribution in [3.8, 4) is 0 Å². The molecule has 0 radical (unpaired) electrons. The molecule has 0 fully saturated rings. The van der Waals surface area contributed by atoms with E-state index in [4.69, 9.17) is 0 Å². The summed E-state index contributed by atoms with van der Waals surface area (Å²) in [5.41, 5.74) is 0.484. The Morgan fingerprint density at radius 3 is 2.55 bits per heavy atom. The third-order valence-corrected chi connectivity index (χ3v) is 4.27. The molecule has 20 heavy (non-hydrogen) atoms. The summed E-state index contributed by atoms with van der Waals surface area (Å²) >= 11 is 4.60. The van der Waals surface area contributed by atoms with Crippen LogP contribution in [0.2, 0.25) is 0 Å². The number of nitrogens with zero attached hydrogens (tertiary/aromatic N) is 1. The quantitative estimate of drug-likeness (QED) is 0.845. The molecule has 1 N–H and O–H groups in total. The van der Waals surface area contributed by atoms with Crippen LogP contribution < -0.4 is 4.90 Å². The van der Waals surface area contributed by atoms with Crippen molar-refractivity contribution in [1.82, 2.24) is 0 Å². The molecule has 0 atom stereocenters. The Bertz CT molecular complexity index is 737. The van der Waals surface area contributed by atoms with Crippen LogP contribution in [0, 0.1) is 0 Å². The Hall–Kier alpha value is -1.92. The number of imide groups is 1. The van der Waals surface area contributed by atoms with Crippen LogP contribution in [0.25, 0.3) is 5.57 Å². The standard InChI is InChI=1S/C14H8BrNO3S/c15-8-3-1-4-9(7-8)16-13(18)11(12(17)14(16)19)10-5-2-6-20-10/h1-7,17H. The lowest BCUT2D eigenvalue weighted by atomic mass is 10.2. The molecular weight excluding hydrogens is 342 g/mol. The van der Waals surface area contributed by atoms with E-state index >= 15 is 0 Å². The molecule has 1 aromatic carbocycles. The van der Waals surface area contributed by atoms with Crippen molar-refractivity contribution in [2.24, 2.45) is 0 Å². The highest BCUT2D eigenvalue weighted by Crippen LogP contribution is 2.34.